The van der Waals surface area contributed by atoms with Crippen molar-refractivity contribution in [2.24, 2.45) is 0 Å². The maximum atomic E-state index is 12.1. The molecule has 5 rings (SSSR count). The van der Waals surface area contributed by atoms with E-state index in [1.54, 1.807) is 6.33 Å². The number of nitrogen functional groups attached to an aromatic ring is 1. The molecular weight excluding hydrogens is 538 g/mol. The van der Waals surface area contributed by atoms with Crippen LogP contribution in [0.5, 0.6) is 0 Å². The van der Waals surface area contributed by atoms with E-state index in [0.717, 1.165) is 63.1 Å². The monoisotopic (exact) mass is 577 g/mol. The second-order valence-electron chi connectivity index (χ2n) is 11.8. The number of aryl methyl sites for hydroxylation is 2. The molecule has 2 aromatic heterocycles. The standard InChI is InChI=1S/C35H39N5O3/c1-24-18-28(13-14-29(24)20-37-34(41)43-35(2,3)4)33-32-19-30(21-40(32)39-23-38-33)27-11-7-26(8-12-27)22-42-17-5-6-25-9-15-31(36)16-10-25/h7-16,18-19,21,23H,5-6,17,20,22,36H2,1-4H3,(H,37,41). The van der Waals surface area contributed by atoms with Gasteiger partial charge in [0.05, 0.1) is 17.8 Å². The van der Waals surface area contributed by atoms with E-state index in [-0.39, 0.29) is 0 Å². The molecule has 0 bridgehead atoms. The number of nitrogens with two attached hydrogens (primary N) is 1. The average molecular weight is 578 g/mol. The summed E-state index contributed by atoms with van der Waals surface area (Å²) in [4.78, 5) is 16.7. The van der Waals surface area contributed by atoms with Crippen molar-refractivity contribution < 1.29 is 14.3 Å². The highest BCUT2D eigenvalue weighted by Crippen LogP contribution is 2.29. The largest absolute Gasteiger partial charge is 0.444 e. The number of rotatable bonds is 10. The van der Waals surface area contributed by atoms with Crippen molar-refractivity contribution in [1.29, 1.82) is 0 Å². The molecule has 0 atom stereocenters. The van der Waals surface area contributed by atoms with Crippen LogP contribution in [0, 0.1) is 6.92 Å². The molecule has 1 amide bonds. The Morgan fingerprint density at radius 2 is 1.65 bits per heavy atom. The Hall–Kier alpha value is -4.69. The number of carbonyl (C=O) groups excluding carboxylic acids is 1. The molecule has 2 heterocycles. The summed E-state index contributed by atoms with van der Waals surface area (Å²) < 4.78 is 13.1. The van der Waals surface area contributed by atoms with Gasteiger partial charge in [0.1, 0.15) is 11.9 Å². The summed E-state index contributed by atoms with van der Waals surface area (Å²) in [5, 5.41) is 7.28. The van der Waals surface area contributed by atoms with Crippen LogP contribution in [0.1, 0.15) is 49.4 Å². The minimum Gasteiger partial charge on any atom is -0.444 e. The first-order valence-electron chi connectivity index (χ1n) is 14.6. The third-order valence-electron chi connectivity index (χ3n) is 7.13. The van der Waals surface area contributed by atoms with Crippen molar-refractivity contribution in [3.63, 3.8) is 0 Å². The van der Waals surface area contributed by atoms with Crippen LogP contribution in [0.2, 0.25) is 0 Å². The van der Waals surface area contributed by atoms with Gasteiger partial charge in [-0.1, -0.05) is 48.5 Å². The van der Waals surface area contributed by atoms with Crippen molar-refractivity contribution in [3.05, 3.63) is 108 Å². The summed E-state index contributed by atoms with van der Waals surface area (Å²) >= 11 is 0. The summed E-state index contributed by atoms with van der Waals surface area (Å²) in [6.45, 7) is 9.25. The van der Waals surface area contributed by atoms with Crippen molar-refractivity contribution >= 4 is 17.3 Å². The highest BCUT2D eigenvalue weighted by atomic mass is 16.6. The molecule has 3 aromatic carbocycles. The number of hydrogen-bond donors (Lipinski definition) is 2. The van der Waals surface area contributed by atoms with Gasteiger partial charge in [0.15, 0.2) is 0 Å². The molecular formula is C35H39N5O3. The summed E-state index contributed by atoms with van der Waals surface area (Å²) in [6, 6.07) is 24.7. The molecule has 0 aliphatic heterocycles. The molecule has 0 saturated heterocycles. The molecule has 222 valence electrons. The van der Waals surface area contributed by atoms with Crippen LogP contribution >= 0.6 is 0 Å². The lowest BCUT2D eigenvalue weighted by Gasteiger charge is -2.20. The zero-order valence-corrected chi connectivity index (χ0v) is 25.3. The minimum atomic E-state index is -0.534. The predicted octanol–water partition coefficient (Wildman–Crippen LogP) is 7.13. The van der Waals surface area contributed by atoms with E-state index in [0.29, 0.717) is 19.8 Å². The molecule has 8 nitrogen and oxygen atoms in total. The first-order chi connectivity index (χ1) is 20.6. The fraction of sp³-hybridized carbons (Fsp3) is 0.286. The molecule has 0 aliphatic rings. The number of nitrogens with one attached hydrogen (secondary N) is 1. The minimum absolute atomic E-state index is 0.389. The molecule has 0 spiro atoms. The molecule has 3 N–H and O–H groups in total. The Labute approximate surface area is 252 Å². The molecule has 5 aromatic rings. The maximum Gasteiger partial charge on any atom is 0.407 e. The Bertz CT molecular complexity index is 1690. The number of benzene rings is 3. The smallest absolute Gasteiger partial charge is 0.407 e. The summed E-state index contributed by atoms with van der Waals surface area (Å²) in [5.74, 6) is 0. The van der Waals surface area contributed by atoms with Crippen LogP contribution in [0.15, 0.2) is 85.3 Å². The topological polar surface area (TPSA) is 104 Å². The fourth-order valence-electron chi connectivity index (χ4n) is 4.88. The van der Waals surface area contributed by atoms with Gasteiger partial charge >= 0.3 is 6.09 Å². The van der Waals surface area contributed by atoms with E-state index in [4.69, 9.17) is 15.2 Å². The van der Waals surface area contributed by atoms with Crippen LogP contribution in [-0.2, 0) is 29.0 Å². The third kappa shape index (κ3) is 7.99. The lowest BCUT2D eigenvalue weighted by atomic mass is 10.0. The molecule has 43 heavy (non-hydrogen) atoms. The Morgan fingerprint density at radius 3 is 2.37 bits per heavy atom. The van der Waals surface area contributed by atoms with Gasteiger partial charge in [0.2, 0.25) is 0 Å². The van der Waals surface area contributed by atoms with Crippen LogP contribution in [-0.4, -0.2) is 32.9 Å². The van der Waals surface area contributed by atoms with E-state index in [1.165, 1.54) is 5.56 Å². The van der Waals surface area contributed by atoms with E-state index in [2.05, 4.69) is 63.9 Å². The second-order valence-corrected chi connectivity index (χ2v) is 11.8. The van der Waals surface area contributed by atoms with Crippen molar-refractivity contribution in [3.8, 4) is 22.4 Å². The van der Waals surface area contributed by atoms with Gasteiger partial charge in [0.25, 0.3) is 0 Å². The number of carbonyl (C=O) groups is 1. The zero-order chi connectivity index (χ0) is 30.4. The van der Waals surface area contributed by atoms with E-state index in [9.17, 15) is 4.79 Å². The Kier molecular flexibility index (Phi) is 9.07. The zero-order valence-electron chi connectivity index (χ0n) is 25.3. The van der Waals surface area contributed by atoms with Crippen LogP contribution < -0.4 is 11.1 Å². The van der Waals surface area contributed by atoms with Gasteiger partial charge in [-0.05, 0) is 92.6 Å². The van der Waals surface area contributed by atoms with Crippen molar-refractivity contribution in [1.82, 2.24) is 19.9 Å². The normalized spacial score (nSPS) is 11.5. The molecule has 0 radical (unpaired) electrons. The van der Waals surface area contributed by atoms with Gasteiger partial charge in [-0.15, -0.1) is 0 Å². The quantitative estimate of drug-likeness (QED) is 0.135. The fourth-order valence-corrected chi connectivity index (χ4v) is 4.88. The van der Waals surface area contributed by atoms with E-state index >= 15 is 0 Å². The summed E-state index contributed by atoms with van der Waals surface area (Å²) in [6.07, 6.45) is 5.11. The van der Waals surface area contributed by atoms with E-state index < -0.39 is 11.7 Å². The predicted molar refractivity (Wildman–Crippen MR) is 171 cm³/mol. The van der Waals surface area contributed by atoms with E-state index in [1.807, 2.05) is 62.7 Å². The average Bonchev–Trinajstić information content (AvgIpc) is 3.41. The Morgan fingerprint density at radius 1 is 0.930 bits per heavy atom. The van der Waals surface area contributed by atoms with Gasteiger partial charge < -0.3 is 20.5 Å². The van der Waals surface area contributed by atoms with Crippen LogP contribution in [0.3, 0.4) is 0 Å². The summed E-state index contributed by atoms with van der Waals surface area (Å²) in [5.41, 5.74) is 15.4. The second kappa shape index (κ2) is 13.1. The number of nitrogens with zero attached hydrogens (tertiary/aromatic N) is 3. The molecule has 8 heteroatoms. The molecule has 0 aliphatic carbocycles. The van der Waals surface area contributed by atoms with Crippen molar-refractivity contribution in [2.75, 3.05) is 12.3 Å². The van der Waals surface area contributed by atoms with Crippen LogP contribution in [0.4, 0.5) is 10.5 Å². The number of anilines is 1. The number of alkyl carbamates (subject to hydrolysis) is 1. The van der Waals surface area contributed by atoms with Gasteiger partial charge in [0, 0.05) is 36.2 Å². The highest BCUT2D eigenvalue weighted by Gasteiger charge is 2.16. The van der Waals surface area contributed by atoms with Gasteiger partial charge in [-0.3, -0.25) is 0 Å². The van der Waals surface area contributed by atoms with Gasteiger partial charge in [-0.25, -0.2) is 14.3 Å². The molecule has 0 fully saturated rings. The Balaban J connectivity index is 1.21. The lowest BCUT2D eigenvalue weighted by Crippen LogP contribution is -2.32. The number of aromatic nitrogens is 3. The first-order valence-corrected chi connectivity index (χ1v) is 14.6. The third-order valence-corrected chi connectivity index (χ3v) is 7.13. The summed E-state index contributed by atoms with van der Waals surface area (Å²) in [7, 11) is 0. The molecule has 0 saturated carbocycles. The molecule has 0 unspecified atom stereocenters. The highest BCUT2D eigenvalue weighted by molar-refractivity contribution is 5.82. The lowest BCUT2D eigenvalue weighted by molar-refractivity contribution is 0.0523. The number of hydrogen-bond acceptors (Lipinski definition) is 6. The SMILES string of the molecule is Cc1cc(-c2ncnn3cc(-c4ccc(COCCCc5ccc(N)cc5)cc4)cc23)ccc1CNC(=O)OC(C)(C)C. The van der Waals surface area contributed by atoms with Crippen molar-refractivity contribution in [2.45, 2.75) is 59.3 Å². The van der Waals surface area contributed by atoms with Crippen LogP contribution in [0.25, 0.3) is 27.9 Å². The number of ether oxygens (including phenoxy) is 2. The first kappa shape index (κ1) is 29.8. The number of fused-ring (bicyclic) bond motifs is 1. The maximum absolute atomic E-state index is 12.1. The van der Waals surface area contributed by atoms with Gasteiger partial charge in [-0.2, -0.15) is 5.10 Å². The number of amides is 1.